The molecule has 0 aliphatic heterocycles. The van der Waals surface area contributed by atoms with Crippen LogP contribution in [0.1, 0.15) is 24.2 Å². The Labute approximate surface area is 144 Å². The van der Waals surface area contributed by atoms with Crippen LogP contribution in [0.4, 0.5) is 8.78 Å². The van der Waals surface area contributed by atoms with Crippen molar-refractivity contribution in [1.29, 1.82) is 0 Å². The highest BCUT2D eigenvalue weighted by Crippen LogP contribution is 2.20. The Balaban J connectivity index is 1.99. The fourth-order valence-electron chi connectivity index (χ4n) is 2.30. The van der Waals surface area contributed by atoms with Crippen molar-refractivity contribution >= 4 is 11.5 Å². The topological polar surface area (TPSA) is 58.6 Å². The van der Waals surface area contributed by atoms with Gasteiger partial charge < -0.3 is 15.2 Å². The number of nitrogens with one attached hydrogen (secondary N) is 1. The Bertz CT molecular complexity index is 790. The highest BCUT2D eigenvalue weighted by molar-refractivity contribution is 5.94. The number of hydrogen-bond acceptors (Lipinski definition) is 3. The quantitative estimate of drug-likeness (QED) is 0.789. The lowest BCUT2D eigenvalue weighted by atomic mass is 10.1. The van der Waals surface area contributed by atoms with Gasteiger partial charge >= 0.3 is 0 Å². The first-order chi connectivity index (χ1) is 11.9. The highest BCUT2D eigenvalue weighted by Gasteiger charge is 2.11. The van der Waals surface area contributed by atoms with E-state index >= 15 is 0 Å². The lowest BCUT2D eigenvalue weighted by molar-refractivity contribution is -0.116. The Morgan fingerprint density at radius 2 is 2.04 bits per heavy atom. The summed E-state index contributed by atoms with van der Waals surface area (Å²) in [6.45, 7) is 1.54. The van der Waals surface area contributed by atoms with Crippen molar-refractivity contribution in [2.24, 2.45) is 0 Å². The number of ether oxygens (including phenoxy) is 1. The predicted molar refractivity (Wildman–Crippen MR) is 91.0 cm³/mol. The molecule has 1 atom stereocenters. The van der Waals surface area contributed by atoms with Gasteiger partial charge in [-0.3, -0.25) is 4.79 Å². The van der Waals surface area contributed by atoms with Crippen LogP contribution in [0.3, 0.4) is 0 Å². The van der Waals surface area contributed by atoms with Gasteiger partial charge in [0.1, 0.15) is 17.4 Å². The Hall–Kier alpha value is -2.73. The summed E-state index contributed by atoms with van der Waals surface area (Å²) in [4.78, 5) is 11.9. The van der Waals surface area contributed by atoms with Crippen molar-refractivity contribution in [2.45, 2.75) is 13.0 Å². The monoisotopic (exact) mass is 347 g/mol. The molecule has 0 saturated heterocycles. The molecule has 0 radical (unpaired) electrons. The van der Waals surface area contributed by atoms with E-state index in [1.165, 1.54) is 19.3 Å². The maximum atomic E-state index is 13.7. The van der Waals surface area contributed by atoms with Gasteiger partial charge in [0.15, 0.2) is 0 Å². The zero-order valence-electron chi connectivity index (χ0n) is 13.9. The maximum Gasteiger partial charge on any atom is 0.244 e. The third kappa shape index (κ3) is 5.12. The molecule has 2 aromatic carbocycles. The molecule has 0 fully saturated rings. The van der Waals surface area contributed by atoms with Gasteiger partial charge in [0.2, 0.25) is 5.91 Å². The van der Waals surface area contributed by atoms with Gasteiger partial charge in [-0.2, -0.15) is 0 Å². The van der Waals surface area contributed by atoms with Crippen LogP contribution in [0.5, 0.6) is 5.75 Å². The second-order valence-corrected chi connectivity index (χ2v) is 5.49. The second kappa shape index (κ2) is 8.39. The summed E-state index contributed by atoms with van der Waals surface area (Å²) < 4.78 is 31.7. The summed E-state index contributed by atoms with van der Waals surface area (Å²) in [6.07, 6.45) is 0.296. The minimum absolute atomic E-state index is 0.0122. The van der Waals surface area contributed by atoms with Gasteiger partial charge in [0.25, 0.3) is 0 Å². The van der Waals surface area contributed by atoms with Gasteiger partial charge in [0, 0.05) is 24.3 Å². The van der Waals surface area contributed by atoms with E-state index in [-0.39, 0.29) is 12.1 Å². The molecular weight excluding hydrogens is 328 g/mol. The zero-order chi connectivity index (χ0) is 18.4. The molecule has 1 amide bonds. The van der Waals surface area contributed by atoms with E-state index in [1.807, 2.05) is 0 Å². The van der Waals surface area contributed by atoms with Crippen molar-refractivity contribution in [3.05, 3.63) is 71.3 Å². The number of benzene rings is 2. The first-order valence-electron chi connectivity index (χ1n) is 7.64. The maximum absolute atomic E-state index is 13.7. The van der Waals surface area contributed by atoms with Gasteiger partial charge in [-0.15, -0.1) is 0 Å². The van der Waals surface area contributed by atoms with Gasteiger partial charge in [-0.1, -0.05) is 12.1 Å². The molecule has 0 spiro atoms. The molecule has 6 heteroatoms. The van der Waals surface area contributed by atoms with Crippen molar-refractivity contribution in [3.63, 3.8) is 0 Å². The predicted octanol–water partition coefficient (Wildman–Crippen LogP) is 3.23. The number of amides is 1. The number of halogens is 2. The lowest BCUT2D eigenvalue weighted by Crippen LogP contribution is -2.27. The van der Waals surface area contributed by atoms with Crippen molar-refractivity contribution in [2.75, 3.05) is 13.7 Å². The highest BCUT2D eigenvalue weighted by atomic mass is 19.1. The van der Waals surface area contributed by atoms with Crippen LogP contribution in [0, 0.1) is 11.6 Å². The molecule has 2 rings (SSSR count). The largest absolute Gasteiger partial charge is 0.497 e. The third-order valence-corrected chi connectivity index (χ3v) is 3.65. The van der Waals surface area contributed by atoms with Crippen molar-refractivity contribution < 1.29 is 23.4 Å². The molecule has 2 aromatic rings. The summed E-state index contributed by atoms with van der Waals surface area (Å²) in [6, 6.07) is 10.0. The van der Waals surface area contributed by atoms with Crippen LogP contribution in [-0.4, -0.2) is 24.7 Å². The third-order valence-electron chi connectivity index (χ3n) is 3.65. The smallest absolute Gasteiger partial charge is 0.244 e. The van der Waals surface area contributed by atoms with E-state index in [9.17, 15) is 18.7 Å². The fourth-order valence-corrected chi connectivity index (χ4v) is 2.30. The average Bonchev–Trinajstić information content (AvgIpc) is 2.59. The lowest BCUT2D eigenvalue weighted by Gasteiger charge is -2.12. The zero-order valence-corrected chi connectivity index (χ0v) is 13.9. The van der Waals surface area contributed by atoms with Gasteiger partial charge in [-0.05, 0) is 42.3 Å². The van der Waals surface area contributed by atoms with Crippen LogP contribution in [0.2, 0.25) is 0 Å². The molecule has 0 aromatic heterocycles. The molecule has 2 N–H and O–H groups in total. The fraction of sp³-hybridized carbons (Fsp3) is 0.211. The van der Waals surface area contributed by atoms with Gasteiger partial charge in [0.05, 0.1) is 13.2 Å². The molecule has 0 bridgehead atoms. The summed E-state index contributed by atoms with van der Waals surface area (Å²) in [7, 11) is 1.52. The number of aliphatic hydroxyl groups is 1. The Morgan fingerprint density at radius 1 is 1.28 bits per heavy atom. The van der Waals surface area contributed by atoms with Crippen molar-refractivity contribution in [1.82, 2.24) is 5.32 Å². The normalized spacial score (nSPS) is 12.6. The van der Waals surface area contributed by atoms with E-state index in [2.05, 4.69) is 5.32 Å². The number of carbonyl (C=O) groups is 1. The summed E-state index contributed by atoms with van der Waals surface area (Å²) in [5.41, 5.74) is 1.10. The molecule has 0 saturated carbocycles. The number of hydrogen-bond donors (Lipinski definition) is 2. The number of methoxy groups -OCH3 is 1. The number of allylic oxidation sites excluding steroid dienone is 1. The number of carbonyl (C=O) groups excluding carboxylic acids is 1. The molecule has 132 valence electrons. The Kier molecular flexibility index (Phi) is 6.25. The van der Waals surface area contributed by atoms with Crippen LogP contribution < -0.4 is 10.1 Å². The number of aliphatic hydroxyl groups excluding tert-OH is 1. The van der Waals surface area contributed by atoms with Crippen LogP contribution in [0.25, 0.3) is 5.57 Å². The summed E-state index contributed by atoms with van der Waals surface area (Å²) in [5, 5.41) is 12.7. The second-order valence-electron chi connectivity index (χ2n) is 5.49. The standard InChI is InChI=1S/C19H19F2NO3/c1-12(16-7-6-14(20)10-17(16)21)8-19(24)22-11-18(23)13-4-3-5-15(9-13)25-2/h3-10,18,23H,11H2,1-2H3,(H,22,24)/b12-8-. The van der Waals surface area contributed by atoms with E-state index in [0.717, 1.165) is 12.1 Å². The molecule has 1 unspecified atom stereocenters. The summed E-state index contributed by atoms with van der Waals surface area (Å²) in [5.74, 6) is -1.30. The van der Waals surface area contributed by atoms with Crippen molar-refractivity contribution in [3.8, 4) is 5.75 Å². The molecule has 0 heterocycles. The minimum atomic E-state index is -0.907. The van der Waals surface area contributed by atoms with Crippen LogP contribution >= 0.6 is 0 Å². The average molecular weight is 347 g/mol. The first kappa shape index (κ1) is 18.6. The molecule has 0 aliphatic rings. The van der Waals surface area contributed by atoms with E-state index in [0.29, 0.717) is 16.9 Å². The molecule has 4 nitrogen and oxygen atoms in total. The number of rotatable bonds is 6. The van der Waals surface area contributed by atoms with E-state index < -0.39 is 23.6 Å². The van der Waals surface area contributed by atoms with E-state index in [1.54, 1.807) is 31.2 Å². The van der Waals surface area contributed by atoms with E-state index in [4.69, 9.17) is 4.74 Å². The SMILES string of the molecule is COc1cccc(C(O)CNC(=O)/C=C(/C)c2ccc(F)cc2F)c1. The van der Waals surface area contributed by atoms with Crippen LogP contribution in [0.15, 0.2) is 48.5 Å². The molecule has 0 aliphatic carbocycles. The Morgan fingerprint density at radius 3 is 2.72 bits per heavy atom. The summed E-state index contributed by atoms with van der Waals surface area (Å²) >= 11 is 0. The van der Waals surface area contributed by atoms with Crippen LogP contribution in [-0.2, 0) is 4.79 Å². The first-order valence-corrected chi connectivity index (χ1v) is 7.64. The van der Waals surface area contributed by atoms with Gasteiger partial charge in [-0.25, -0.2) is 8.78 Å². The molecule has 25 heavy (non-hydrogen) atoms. The molecular formula is C19H19F2NO3. The minimum Gasteiger partial charge on any atom is -0.497 e.